The van der Waals surface area contributed by atoms with E-state index in [2.05, 4.69) is 24.7 Å². The van der Waals surface area contributed by atoms with Gasteiger partial charge in [-0.15, -0.1) is 0 Å². The van der Waals surface area contributed by atoms with Gasteiger partial charge in [-0.05, 0) is 18.6 Å². The van der Waals surface area contributed by atoms with Gasteiger partial charge in [-0.2, -0.15) is 0 Å². The van der Waals surface area contributed by atoms with Gasteiger partial charge >= 0.3 is 0 Å². The molecule has 0 heterocycles. The third-order valence-corrected chi connectivity index (χ3v) is 1.37. The topological polar surface area (TPSA) is 12.4 Å². The van der Waals surface area contributed by atoms with E-state index in [1.54, 1.807) is 24.4 Å². The lowest BCUT2D eigenvalue weighted by Crippen LogP contribution is -1.81. The molecule has 0 atom stereocenters. The van der Waals surface area contributed by atoms with Crippen LogP contribution in [0.3, 0.4) is 0 Å². The second-order valence-electron chi connectivity index (χ2n) is 2.39. The van der Waals surface area contributed by atoms with E-state index in [0.717, 1.165) is 11.3 Å². The van der Waals surface area contributed by atoms with E-state index in [0.29, 0.717) is 0 Å². The van der Waals surface area contributed by atoms with Crippen molar-refractivity contribution < 1.29 is 0 Å². The predicted molar refractivity (Wildman–Crippen MR) is 60.9 cm³/mol. The summed E-state index contributed by atoms with van der Waals surface area (Å²) in [5.41, 5.74) is 1.92. The highest BCUT2D eigenvalue weighted by Crippen LogP contribution is 2.10. The molecule has 1 nitrogen and oxygen atoms in total. The van der Waals surface area contributed by atoms with Gasteiger partial charge in [-0.25, -0.2) is 0 Å². The van der Waals surface area contributed by atoms with Crippen molar-refractivity contribution in [1.82, 2.24) is 0 Å². The monoisotopic (exact) mass is 173 g/mol. The molecule has 1 heteroatoms. The Balaban J connectivity index is 4.80. The van der Waals surface area contributed by atoms with E-state index in [1.165, 1.54) is 0 Å². The Morgan fingerprint density at radius 1 is 1.00 bits per heavy atom. The van der Waals surface area contributed by atoms with E-state index in [1.807, 2.05) is 19.1 Å². The molecule has 0 fully saturated rings. The third kappa shape index (κ3) is 4.75. The second kappa shape index (κ2) is 7.04. The smallest absolute Gasteiger partial charge is 0.0658 e. The first-order valence-electron chi connectivity index (χ1n) is 4.03. The molecule has 0 aromatic carbocycles. The summed E-state index contributed by atoms with van der Waals surface area (Å²) in [5, 5.41) is 0. The highest BCUT2D eigenvalue weighted by atomic mass is 14.7. The second-order valence-corrected chi connectivity index (χ2v) is 2.39. The van der Waals surface area contributed by atoms with Crippen molar-refractivity contribution in [3.05, 3.63) is 61.4 Å². The van der Waals surface area contributed by atoms with Gasteiger partial charge in [0.15, 0.2) is 0 Å². The summed E-state index contributed by atoms with van der Waals surface area (Å²) < 4.78 is 0. The Morgan fingerprint density at radius 3 is 2.08 bits per heavy atom. The van der Waals surface area contributed by atoms with Crippen LogP contribution in [0.4, 0.5) is 0 Å². The molecule has 13 heavy (non-hydrogen) atoms. The summed E-state index contributed by atoms with van der Waals surface area (Å²) in [6.07, 6.45) is 10.5. The average molecular weight is 173 g/mol. The van der Waals surface area contributed by atoms with Crippen LogP contribution in [0, 0.1) is 0 Å². The highest BCUT2D eigenvalue weighted by molar-refractivity contribution is 5.72. The van der Waals surface area contributed by atoms with Crippen LogP contribution in [0.1, 0.15) is 6.92 Å². The molecule has 0 bridgehead atoms. The summed E-state index contributed by atoms with van der Waals surface area (Å²) in [6.45, 7) is 12.8. The summed E-state index contributed by atoms with van der Waals surface area (Å²) in [7, 11) is 0. The molecule has 0 radical (unpaired) electrons. The van der Waals surface area contributed by atoms with E-state index < -0.39 is 0 Å². The maximum Gasteiger partial charge on any atom is 0.0658 e. The van der Waals surface area contributed by atoms with Gasteiger partial charge in [0.2, 0.25) is 0 Å². The van der Waals surface area contributed by atoms with E-state index in [-0.39, 0.29) is 0 Å². The molecule has 0 N–H and O–H groups in total. The van der Waals surface area contributed by atoms with Crippen LogP contribution in [0.2, 0.25) is 0 Å². The van der Waals surface area contributed by atoms with Crippen LogP contribution < -0.4 is 0 Å². The predicted octanol–water partition coefficient (Wildman–Crippen LogP) is 3.45. The molecule has 0 unspecified atom stereocenters. The molecule has 0 aliphatic heterocycles. The van der Waals surface area contributed by atoms with Crippen molar-refractivity contribution in [1.29, 1.82) is 0 Å². The SMILES string of the molecule is C=CC=NC(=C/C=C)/C(C)=C\C=C. The van der Waals surface area contributed by atoms with Crippen LogP contribution in [0.15, 0.2) is 66.4 Å². The fourth-order valence-electron chi connectivity index (χ4n) is 0.783. The first-order valence-corrected chi connectivity index (χ1v) is 4.03. The van der Waals surface area contributed by atoms with Gasteiger partial charge in [0.1, 0.15) is 0 Å². The van der Waals surface area contributed by atoms with Crippen LogP contribution >= 0.6 is 0 Å². The van der Waals surface area contributed by atoms with Gasteiger partial charge < -0.3 is 0 Å². The summed E-state index contributed by atoms with van der Waals surface area (Å²) in [5.74, 6) is 0. The van der Waals surface area contributed by atoms with Crippen molar-refractivity contribution in [3.8, 4) is 0 Å². The standard InChI is InChI=1S/C12H15N/c1-5-8-11(4)12(9-6-2)13-10-7-3/h5-10H,1-3H2,4H3/b11-8-,12-9+,13-10?. The van der Waals surface area contributed by atoms with Crippen molar-refractivity contribution >= 4 is 6.21 Å². The molecule has 0 saturated carbocycles. The number of aliphatic imine (C=N–C) groups is 1. The normalized spacial score (nSPS) is 13.0. The Kier molecular flexibility index (Phi) is 6.16. The van der Waals surface area contributed by atoms with Crippen LogP contribution in [0.25, 0.3) is 0 Å². The molecular weight excluding hydrogens is 158 g/mol. The van der Waals surface area contributed by atoms with Gasteiger partial charge in [-0.3, -0.25) is 4.99 Å². The third-order valence-electron chi connectivity index (χ3n) is 1.37. The molecule has 0 aromatic heterocycles. The fourth-order valence-corrected chi connectivity index (χ4v) is 0.783. The Bertz CT molecular complexity index is 277. The lowest BCUT2D eigenvalue weighted by molar-refractivity contribution is 1.29. The first kappa shape index (κ1) is 11.4. The van der Waals surface area contributed by atoms with E-state index in [9.17, 15) is 0 Å². The molecular formula is C12H15N. The largest absolute Gasteiger partial charge is 0.257 e. The zero-order valence-electron chi connectivity index (χ0n) is 8.03. The summed E-state index contributed by atoms with van der Waals surface area (Å²) in [4.78, 5) is 4.18. The number of hydrogen-bond acceptors (Lipinski definition) is 1. The Morgan fingerprint density at radius 2 is 1.62 bits per heavy atom. The van der Waals surface area contributed by atoms with Gasteiger partial charge in [0.25, 0.3) is 0 Å². The molecule has 0 rings (SSSR count). The highest BCUT2D eigenvalue weighted by Gasteiger charge is 1.92. The molecule has 0 aromatic rings. The van der Waals surface area contributed by atoms with Crippen LogP contribution in [0.5, 0.6) is 0 Å². The molecule has 0 aliphatic carbocycles. The first-order chi connectivity index (χ1) is 6.26. The minimum Gasteiger partial charge on any atom is -0.257 e. The van der Waals surface area contributed by atoms with Gasteiger partial charge in [0.05, 0.1) is 5.70 Å². The van der Waals surface area contributed by atoms with E-state index >= 15 is 0 Å². The molecule has 68 valence electrons. The van der Waals surface area contributed by atoms with Crippen molar-refractivity contribution in [2.24, 2.45) is 4.99 Å². The Hall–Kier alpha value is -1.63. The number of rotatable bonds is 5. The lowest BCUT2D eigenvalue weighted by Gasteiger charge is -1.98. The number of hydrogen-bond donors (Lipinski definition) is 0. The molecule has 0 amide bonds. The molecule has 0 saturated heterocycles. The Labute approximate surface area is 80.2 Å². The number of allylic oxidation sites excluding steroid dienone is 6. The number of nitrogens with zero attached hydrogens (tertiary/aromatic N) is 1. The maximum atomic E-state index is 4.18. The maximum absolute atomic E-state index is 4.18. The van der Waals surface area contributed by atoms with Crippen molar-refractivity contribution in [3.63, 3.8) is 0 Å². The molecule has 0 aliphatic rings. The average Bonchev–Trinajstić information content (AvgIpc) is 2.12. The quantitative estimate of drug-likeness (QED) is 0.446. The van der Waals surface area contributed by atoms with E-state index in [4.69, 9.17) is 0 Å². The summed E-state index contributed by atoms with van der Waals surface area (Å²) in [6, 6.07) is 0. The fraction of sp³-hybridized carbons (Fsp3) is 0.0833. The van der Waals surface area contributed by atoms with Crippen LogP contribution in [-0.4, -0.2) is 6.21 Å². The lowest BCUT2D eigenvalue weighted by atomic mass is 10.2. The zero-order valence-corrected chi connectivity index (χ0v) is 8.03. The van der Waals surface area contributed by atoms with Crippen LogP contribution in [-0.2, 0) is 0 Å². The minimum atomic E-state index is 0.870. The van der Waals surface area contributed by atoms with Gasteiger partial charge in [0, 0.05) is 6.21 Å². The van der Waals surface area contributed by atoms with Gasteiger partial charge in [-0.1, -0.05) is 44.0 Å². The van der Waals surface area contributed by atoms with Crippen molar-refractivity contribution in [2.75, 3.05) is 0 Å². The van der Waals surface area contributed by atoms with Crippen molar-refractivity contribution in [2.45, 2.75) is 6.92 Å². The summed E-state index contributed by atoms with van der Waals surface area (Å²) >= 11 is 0. The molecule has 0 spiro atoms. The minimum absolute atomic E-state index is 0.870. The zero-order chi connectivity index (χ0) is 10.1.